The second kappa shape index (κ2) is 9.50. The number of anilines is 1. The Bertz CT molecular complexity index is 406. The van der Waals surface area contributed by atoms with Crippen molar-refractivity contribution in [3.8, 4) is 0 Å². The van der Waals surface area contributed by atoms with Gasteiger partial charge >= 0.3 is 0 Å². The van der Waals surface area contributed by atoms with Crippen LogP contribution in [0.1, 0.15) is 25.8 Å². The Morgan fingerprint density at radius 1 is 1.20 bits per heavy atom. The predicted octanol–water partition coefficient (Wildman–Crippen LogP) is 2.26. The molecule has 1 aromatic rings. The minimum absolute atomic E-state index is 0.0119. The topological polar surface area (TPSA) is 44.4 Å². The van der Waals surface area contributed by atoms with Crippen LogP contribution in [0.3, 0.4) is 0 Å². The van der Waals surface area contributed by atoms with Gasteiger partial charge in [-0.25, -0.2) is 0 Å². The minimum atomic E-state index is 0.0119. The minimum Gasteiger partial charge on any atom is -0.325 e. The summed E-state index contributed by atoms with van der Waals surface area (Å²) in [4.78, 5) is 14.2. The van der Waals surface area contributed by atoms with E-state index in [9.17, 15) is 4.79 Å². The average Bonchev–Trinajstić information content (AvgIpc) is 2.44. The molecule has 1 aromatic carbocycles. The van der Waals surface area contributed by atoms with Gasteiger partial charge in [0.05, 0.1) is 6.54 Å². The Labute approximate surface area is 122 Å². The number of benzene rings is 1. The van der Waals surface area contributed by atoms with E-state index in [1.165, 1.54) is 6.42 Å². The Hall–Kier alpha value is -1.39. The molecular formula is C16H27N3O. The van der Waals surface area contributed by atoms with E-state index in [4.69, 9.17) is 0 Å². The number of carbonyl (C=O) groups is 1. The van der Waals surface area contributed by atoms with E-state index in [0.717, 1.165) is 37.4 Å². The normalized spacial score (nSPS) is 10.8. The Kier molecular flexibility index (Phi) is 7.92. The molecule has 0 fully saturated rings. The van der Waals surface area contributed by atoms with E-state index in [1.54, 1.807) is 0 Å². The second-order valence-electron chi connectivity index (χ2n) is 4.97. The van der Waals surface area contributed by atoms with Gasteiger partial charge in [-0.2, -0.15) is 0 Å². The molecule has 0 saturated carbocycles. The number of hydrogen-bond donors (Lipinski definition) is 2. The SMILES string of the molecule is CCCN(CC)CCNCC(=O)Nc1ccccc1C. The van der Waals surface area contributed by atoms with Crippen molar-refractivity contribution in [3.05, 3.63) is 29.8 Å². The van der Waals surface area contributed by atoms with E-state index in [0.29, 0.717) is 6.54 Å². The fraction of sp³-hybridized carbons (Fsp3) is 0.562. The first-order valence-corrected chi connectivity index (χ1v) is 7.46. The molecule has 1 amide bonds. The lowest BCUT2D eigenvalue weighted by atomic mass is 10.2. The van der Waals surface area contributed by atoms with Crippen molar-refractivity contribution in [3.63, 3.8) is 0 Å². The third-order valence-corrected chi connectivity index (χ3v) is 3.30. The van der Waals surface area contributed by atoms with Gasteiger partial charge in [-0.05, 0) is 38.1 Å². The zero-order valence-electron chi connectivity index (χ0n) is 12.9. The van der Waals surface area contributed by atoms with Gasteiger partial charge in [0.25, 0.3) is 0 Å². The van der Waals surface area contributed by atoms with E-state index in [-0.39, 0.29) is 5.91 Å². The number of amides is 1. The number of hydrogen-bond acceptors (Lipinski definition) is 3. The standard InChI is InChI=1S/C16H27N3O/c1-4-11-19(5-2)12-10-17-13-16(20)18-15-9-7-6-8-14(15)3/h6-9,17H,4-5,10-13H2,1-3H3,(H,18,20). The number of nitrogens with one attached hydrogen (secondary N) is 2. The number of carbonyl (C=O) groups excluding carboxylic acids is 1. The van der Waals surface area contributed by atoms with Crippen LogP contribution in [0.5, 0.6) is 0 Å². The lowest BCUT2D eigenvalue weighted by Crippen LogP contribution is -2.36. The maximum absolute atomic E-state index is 11.8. The van der Waals surface area contributed by atoms with Crippen molar-refractivity contribution < 1.29 is 4.79 Å². The monoisotopic (exact) mass is 277 g/mol. The number of likely N-dealkylation sites (N-methyl/N-ethyl adjacent to an activating group) is 1. The van der Waals surface area contributed by atoms with Gasteiger partial charge in [0.15, 0.2) is 0 Å². The van der Waals surface area contributed by atoms with E-state index in [1.807, 2.05) is 31.2 Å². The molecule has 1 rings (SSSR count). The van der Waals surface area contributed by atoms with Crippen LogP contribution in [-0.2, 0) is 4.79 Å². The van der Waals surface area contributed by atoms with Crippen LogP contribution in [0.2, 0.25) is 0 Å². The summed E-state index contributed by atoms with van der Waals surface area (Å²) in [7, 11) is 0. The van der Waals surface area contributed by atoms with Crippen LogP contribution in [0, 0.1) is 6.92 Å². The Balaban J connectivity index is 2.22. The molecule has 0 atom stereocenters. The molecule has 0 spiro atoms. The summed E-state index contributed by atoms with van der Waals surface area (Å²) in [6.07, 6.45) is 1.17. The lowest BCUT2D eigenvalue weighted by Gasteiger charge is -2.19. The van der Waals surface area contributed by atoms with Gasteiger partial charge < -0.3 is 15.5 Å². The second-order valence-corrected chi connectivity index (χ2v) is 4.97. The molecule has 2 N–H and O–H groups in total. The zero-order chi connectivity index (χ0) is 14.8. The summed E-state index contributed by atoms with van der Waals surface area (Å²) in [6, 6.07) is 7.82. The molecule has 4 heteroatoms. The molecule has 0 aliphatic carbocycles. The fourth-order valence-electron chi connectivity index (χ4n) is 2.09. The van der Waals surface area contributed by atoms with Crippen LogP contribution in [0.25, 0.3) is 0 Å². The van der Waals surface area contributed by atoms with Crippen LogP contribution in [0.4, 0.5) is 5.69 Å². The predicted molar refractivity (Wildman–Crippen MR) is 85.1 cm³/mol. The summed E-state index contributed by atoms with van der Waals surface area (Å²) in [5, 5.41) is 6.12. The smallest absolute Gasteiger partial charge is 0.238 e. The van der Waals surface area contributed by atoms with Crippen molar-refractivity contribution in [1.29, 1.82) is 0 Å². The first-order chi connectivity index (χ1) is 9.67. The number of nitrogens with zero attached hydrogens (tertiary/aromatic N) is 1. The average molecular weight is 277 g/mol. The molecular weight excluding hydrogens is 250 g/mol. The van der Waals surface area contributed by atoms with Gasteiger partial charge in [-0.3, -0.25) is 4.79 Å². The summed E-state index contributed by atoms with van der Waals surface area (Å²) in [6.45, 7) is 10.7. The molecule has 0 radical (unpaired) electrons. The molecule has 0 aliphatic rings. The highest BCUT2D eigenvalue weighted by Crippen LogP contribution is 2.12. The van der Waals surface area contributed by atoms with Crippen molar-refractivity contribution in [1.82, 2.24) is 10.2 Å². The van der Waals surface area contributed by atoms with Crippen molar-refractivity contribution >= 4 is 11.6 Å². The van der Waals surface area contributed by atoms with Crippen molar-refractivity contribution in [2.45, 2.75) is 27.2 Å². The largest absolute Gasteiger partial charge is 0.325 e. The molecule has 112 valence electrons. The van der Waals surface area contributed by atoms with Gasteiger partial charge in [0, 0.05) is 18.8 Å². The highest BCUT2D eigenvalue weighted by molar-refractivity contribution is 5.92. The molecule has 20 heavy (non-hydrogen) atoms. The van der Waals surface area contributed by atoms with E-state index >= 15 is 0 Å². The van der Waals surface area contributed by atoms with Gasteiger partial charge in [-0.1, -0.05) is 32.0 Å². The highest BCUT2D eigenvalue weighted by atomic mass is 16.1. The van der Waals surface area contributed by atoms with E-state index < -0.39 is 0 Å². The Morgan fingerprint density at radius 2 is 1.95 bits per heavy atom. The lowest BCUT2D eigenvalue weighted by molar-refractivity contribution is -0.115. The molecule has 0 saturated heterocycles. The first kappa shape index (κ1) is 16.7. The zero-order valence-corrected chi connectivity index (χ0v) is 12.9. The highest BCUT2D eigenvalue weighted by Gasteiger charge is 2.04. The van der Waals surface area contributed by atoms with Crippen molar-refractivity contribution in [2.75, 3.05) is 38.0 Å². The van der Waals surface area contributed by atoms with Crippen LogP contribution in [-0.4, -0.2) is 43.5 Å². The molecule has 0 unspecified atom stereocenters. The molecule has 0 aromatic heterocycles. The molecule has 4 nitrogen and oxygen atoms in total. The molecule has 0 heterocycles. The number of aryl methyl sites for hydroxylation is 1. The van der Waals surface area contributed by atoms with Crippen LogP contribution in [0.15, 0.2) is 24.3 Å². The third kappa shape index (κ3) is 6.17. The van der Waals surface area contributed by atoms with Gasteiger partial charge in [0.2, 0.25) is 5.91 Å². The first-order valence-electron chi connectivity index (χ1n) is 7.46. The summed E-state index contributed by atoms with van der Waals surface area (Å²) < 4.78 is 0. The van der Waals surface area contributed by atoms with Crippen LogP contribution >= 0.6 is 0 Å². The quantitative estimate of drug-likeness (QED) is 0.681. The molecule has 0 aliphatic heterocycles. The Morgan fingerprint density at radius 3 is 2.60 bits per heavy atom. The summed E-state index contributed by atoms with van der Waals surface area (Å²) >= 11 is 0. The van der Waals surface area contributed by atoms with Crippen LogP contribution < -0.4 is 10.6 Å². The van der Waals surface area contributed by atoms with Gasteiger partial charge in [0.1, 0.15) is 0 Å². The summed E-state index contributed by atoms with van der Waals surface area (Å²) in [5.41, 5.74) is 1.97. The summed E-state index contributed by atoms with van der Waals surface area (Å²) in [5.74, 6) is 0.0119. The van der Waals surface area contributed by atoms with Crippen molar-refractivity contribution in [2.24, 2.45) is 0 Å². The number of para-hydroxylation sites is 1. The van der Waals surface area contributed by atoms with Gasteiger partial charge in [-0.15, -0.1) is 0 Å². The molecule has 0 bridgehead atoms. The van der Waals surface area contributed by atoms with E-state index in [2.05, 4.69) is 29.4 Å². The maximum Gasteiger partial charge on any atom is 0.238 e. The maximum atomic E-state index is 11.8. The fourth-order valence-corrected chi connectivity index (χ4v) is 2.09. The number of rotatable bonds is 9. The third-order valence-electron chi connectivity index (χ3n) is 3.30.